The summed E-state index contributed by atoms with van der Waals surface area (Å²) in [5.41, 5.74) is 1.61. The highest BCUT2D eigenvalue weighted by Gasteiger charge is 2.14. The number of likely N-dealkylation sites (N-methyl/N-ethyl adjacent to an activating group) is 1. The van der Waals surface area contributed by atoms with Gasteiger partial charge in [-0.1, -0.05) is 6.07 Å². The number of anilines is 2. The van der Waals surface area contributed by atoms with Gasteiger partial charge in [-0.25, -0.2) is 4.98 Å². The van der Waals surface area contributed by atoms with Gasteiger partial charge in [-0.2, -0.15) is 0 Å². The Hall–Kier alpha value is -1.70. The third-order valence-electron chi connectivity index (χ3n) is 4.24. The molecular weight excluding hydrogens is 370 g/mol. The highest BCUT2D eigenvalue weighted by molar-refractivity contribution is 9.10. The van der Waals surface area contributed by atoms with E-state index in [0.29, 0.717) is 11.5 Å². The molecule has 0 saturated carbocycles. The minimum atomic E-state index is -0.0819. The van der Waals surface area contributed by atoms with Crippen molar-refractivity contribution in [3.8, 4) is 0 Å². The lowest BCUT2D eigenvalue weighted by atomic mass is 10.2. The number of piperazine rings is 1. The average Bonchev–Trinajstić information content (AvgIpc) is 2.56. The molecule has 3 heterocycles. The van der Waals surface area contributed by atoms with Gasteiger partial charge in [0.15, 0.2) is 0 Å². The van der Waals surface area contributed by atoms with E-state index in [4.69, 9.17) is 0 Å². The van der Waals surface area contributed by atoms with Gasteiger partial charge in [-0.3, -0.25) is 9.69 Å². The number of aromatic nitrogens is 2. The maximum atomic E-state index is 12.1. The Morgan fingerprint density at radius 3 is 2.62 bits per heavy atom. The number of pyridine rings is 2. The molecule has 24 heavy (non-hydrogen) atoms. The third-order valence-corrected chi connectivity index (χ3v) is 4.67. The van der Waals surface area contributed by atoms with E-state index in [9.17, 15) is 4.79 Å². The molecule has 0 radical (unpaired) electrons. The van der Waals surface area contributed by atoms with E-state index in [2.05, 4.69) is 49.1 Å². The monoisotopic (exact) mass is 391 g/mol. The Labute approximate surface area is 150 Å². The van der Waals surface area contributed by atoms with E-state index >= 15 is 0 Å². The van der Waals surface area contributed by atoms with Crippen LogP contribution in [0.2, 0.25) is 0 Å². The van der Waals surface area contributed by atoms with E-state index < -0.39 is 0 Å². The molecule has 0 aromatic carbocycles. The van der Waals surface area contributed by atoms with Crippen LogP contribution in [0.1, 0.15) is 5.56 Å². The number of hydrogen-bond acceptors (Lipinski definition) is 5. The van der Waals surface area contributed by atoms with Gasteiger partial charge in [-0.15, -0.1) is 0 Å². The van der Waals surface area contributed by atoms with Crippen molar-refractivity contribution in [2.75, 3.05) is 38.5 Å². The maximum absolute atomic E-state index is 12.1. The Bertz CT molecular complexity index is 751. The summed E-state index contributed by atoms with van der Waals surface area (Å²) in [6.07, 6.45) is 3.61. The Balaban J connectivity index is 1.66. The second-order valence-corrected chi connectivity index (χ2v) is 7.16. The summed E-state index contributed by atoms with van der Waals surface area (Å²) < 4.78 is 2.38. The first-order valence-electron chi connectivity index (χ1n) is 8.00. The summed E-state index contributed by atoms with van der Waals surface area (Å²) in [6, 6.07) is 5.75. The lowest BCUT2D eigenvalue weighted by Gasteiger charge is -2.32. The van der Waals surface area contributed by atoms with E-state index in [1.54, 1.807) is 19.3 Å². The van der Waals surface area contributed by atoms with Crippen LogP contribution in [-0.4, -0.2) is 52.6 Å². The van der Waals surface area contributed by atoms with Crippen LogP contribution in [0.3, 0.4) is 0 Å². The largest absolute Gasteiger partial charge is 0.336 e. The van der Waals surface area contributed by atoms with Crippen LogP contribution < -0.4 is 10.9 Å². The molecule has 1 fully saturated rings. The first kappa shape index (κ1) is 17.1. The van der Waals surface area contributed by atoms with Gasteiger partial charge >= 0.3 is 0 Å². The predicted molar refractivity (Wildman–Crippen MR) is 99.7 cm³/mol. The number of rotatable bonds is 4. The fourth-order valence-electron chi connectivity index (χ4n) is 2.75. The van der Waals surface area contributed by atoms with Crippen LogP contribution in [0.25, 0.3) is 0 Å². The predicted octanol–water partition coefficient (Wildman–Crippen LogP) is 2.03. The van der Waals surface area contributed by atoms with Gasteiger partial charge in [0, 0.05) is 56.6 Å². The van der Waals surface area contributed by atoms with Gasteiger partial charge in [0.1, 0.15) is 11.5 Å². The molecule has 0 spiro atoms. The lowest BCUT2D eigenvalue weighted by molar-refractivity contribution is 0.148. The number of hydrogen-bond donors (Lipinski definition) is 1. The van der Waals surface area contributed by atoms with Crippen LogP contribution >= 0.6 is 15.9 Å². The molecular formula is C17H22BrN5O. The van der Waals surface area contributed by atoms with E-state index in [-0.39, 0.29) is 5.56 Å². The third kappa shape index (κ3) is 4.23. The Morgan fingerprint density at radius 1 is 1.21 bits per heavy atom. The zero-order chi connectivity index (χ0) is 17.1. The molecule has 0 unspecified atom stereocenters. The summed E-state index contributed by atoms with van der Waals surface area (Å²) >= 11 is 3.40. The van der Waals surface area contributed by atoms with Crippen molar-refractivity contribution < 1.29 is 0 Å². The second kappa shape index (κ2) is 7.46. The maximum Gasteiger partial charge on any atom is 0.274 e. The first-order valence-corrected chi connectivity index (χ1v) is 8.79. The summed E-state index contributed by atoms with van der Waals surface area (Å²) in [6.45, 7) is 5.31. The van der Waals surface area contributed by atoms with E-state index in [1.165, 1.54) is 10.1 Å². The SMILES string of the molecule is CN1CCN(Cc2ccc(Nc3cc(Br)cn(C)c3=O)nc2)CC1. The molecule has 1 aliphatic heterocycles. The molecule has 2 aromatic rings. The molecule has 1 saturated heterocycles. The van der Waals surface area contributed by atoms with Crippen molar-refractivity contribution in [2.45, 2.75) is 6.54 Å². The second-order valence-electron chi connectivity index (χ2n) is 6.24. The first-order chi connectivity index (χ1) is 11.5. The van der Waals surface area contributed by atoms with Gasteiger partial charge in [0.2, 0.25) is 0 Å². The molecule has 6 nitrogen and oxygen atoms in total. The van der Waals surface area contributed by atoms with Gasteiger partial charge < -0.3 is 14.8 Å². The van der Waals surface area contributed by atoms with Crippen molar-refractivity contribution in [3.05, 3.63) is 51.0 Å². The molecule has 2 aromatic heterocycles. The summed E-state index contributed by atoms with van der Waals surface area (Å²) in [5.74, 6) is 0.673. The van der Waals surface area contributed by atoms with Crippen LogP contribution in [0, 0.1) is 0 Å². The lowest BCUT2D eigenvalue weighted by Crippen LogP contribution is -2.43. The van der Waals surface area contributed by atoms with Crippen LogP contribution in [0.15, 0.2) is 39.9 Å². The Morgan fingerprint density at radius 2 is 1.96 bits per heavy atom. The molecule has 0 aliphatic carbocycles. The number of nitrogens with zero attached hydrogens (tertiary/aromatic N) is 4. The van der Waals surface area contributed by atoms with Crippen LogP contribution in [0.4, 0.5) is 11.5 Å². The highest BCUT2D eigenvalue weighted by atomic mass is 79.9. The normalized spacial score (nSPS) is 16.3. The van der Waals surface area contributed by atoms with Crippen molar-refractivity contribution in [1.29, 1.82) is 0 Å². The summed E-state index contributed by atoms with van der Waals surface area (Å²) in [4.78, 5) is 21.4. The van der Waals surface area contributed by atoms with Crippen LogP contribution in [-0.2, 0) is 13.6 Å². The zero-order valence-corrected chi connectivity index (χ0v) is 15.6. The minimum absolute atomic E-state index is 0.0819. The average molecular weight is 392 g/mol. The standard InChI is InChI=1S/C17H22BrN5O/c1-21-5-7-23(8-6-21)11-13-3-4-16(19-10-13)20-15-9-14(18)12-22(2)17(15)24/h3-4,9-10,12H,5-8,11H2,1-2H3,(H,19,20). The number of nitrogens with one attached hydrogen (secondary N) is 1. The molecule has 7 heteroatoms. The fourth-order valence-corrected chi connectivity index (χ4v) is 3.29. The van der Waals surface area contributed by atoms with E-state index in [0.717, 1.165) is 37.2 Å². The smallest absolute Gasteiger partial charge is 0.274 e. The zero-order valence-electron chi connectivity index (χ0n) is 14.0. The Kier molecular flexibility index (Phi) is 5.33. The van der Waals surface area contributed by atoms with Gasteiger partial charge in [0.05, 0.1) is 0 Å². The molecule has 0 bridgehead atoms. The van der Waals surface area contributed by atoms with E-state index in [1.807, 2.05) is 12.3 Å². The molecule has 3 rings (SSSR count). The summed E-state index contributed by atoms with van der Waals surface area (Å²) in [5, 5.41) is 3.10. The molecule has 0 amide bonds. The van der Waals surface area contributed by atoms with Crippen LogP contribution in [0.5, 0.6) is 0 Å². The van der Waals surface area contributed by atoms with Gasteiger partial charge in [-0.05, 0) is 40.7 Å². The van der Waals surface area contributed by atoms with Crippen molar-refractivity contribution in [1.82, 2.24) is 19.4 Å². The number of aryl methyl sites for hydroxylation is 1. The topological polar surface area (TPSA) is 53.4 Å². The quantitative estimate of drug-likeness (QED) is 0.863. The fraction of sp³-hybridized carbons (Fsp3) is 0.412. The minimum Gasteiger partial charge on any atom is -0.336 e. The van der Waals surface area contributed by atoms with Crippen molar-refractivity contribution in [3.63, 3.8) is 0 Å². The molecule has 1 N–H and O–H groups in total. The molecule has 1 aliphatic rings. The van der Waals surface area contributed by atoms with Crippen molar-refractivity contribution >= 4 is 27.4 Å². The molecule has 128 valence electrons. The van der Waals surface area contributed by atoms with Gasteiger partial charge in [0.25, 0.3) is 5.56 Å². The molecule has 0 atom stereocenters. The van der Waals surface area contributed by atoms with Crippen molar-refractivity contribution in [2.24, 2.45) is 7.05 Å². The summed E-state index contributed by atoms with van der Waals surface area (Å²) in [7, 11) is 3.89. The number of halogens is 1. The highest BCUT2D eigenvalue weighted by Crippen LogP contribution is 2.16.